The molecule has 0 atom stereocenters. The van der Waals surface area contributed by atoms with Gasteiger partial charge in [0.05, 0.1) is 12.1 Å². The fourth-order valence-electron chi connectivity index (χ4n) is 2.28. The van der Waals surface area contributed by atoms with E-state index in [0.29, 0.717) is 12.0 Å². The van der Waals surface area contributed by atoms with E-state index in [0.717, 1.165) is 0 Å². The summed E-state index contributed by atoms with van der Waals surface area (Å²) in [6.07, 6.45) is 9.36. The predicted octanol–water partition coefficient (Wildman–Crippen LogP) is 4.18. The number of hydrogen-bond donors (Lipinski definition) is 1. The molecular formula is C18H26FNO2. The summed E-state index contributed by atoms with van der Waals surface area (Å²) in [7, 11) is 0. The Bertz CT molecular complexity index is 484. The first kappa shape index (κ1) is 18.3. The molecule has 0 spiro atoms. The Morgan fingerprint density at radius 2 is 1.64 bits per heavy atom. The van der Waals surface area contributed by atoms with Crippen LogP contribution < -0.4 is 5.32 Å². The number of aryl methyl sites for hydroxylation is 1. The highest BCUT2D eigenvalue weighted by molar-refractivity contribution is 5.97. The normalized spacial score (nSPS) is 13.8. The fraction of sp³-hybridized carbons (Fsp3) is 0.556. The van der Waals surface area contributed by atoms with Gasteiger partial charge in [-0.25, -0.2) is 4.39 Å². The zero-order valence-corrected chi connectivity index (χ0v) is 13.6. The molecule has 4 heteroatoms. The minimum Gasteiger partial charge on any atom is -0.345 e. The van der Waals surface area contributed by atoms with Crippen LogP contribution in [0.25, 0.3) is 0 Å². The van der Waals surface area contributed by atoms with Crippen molar-refractivity contribution >= 4 is 11.7 Å². The molecule has 0 bridgehead atoms. The summed E-state index contributed by atoms with van der Waals surface area (Å²) in [4.78, 5) is 22.5. The summed E-state index contributed by atoms with van der Waals surface area (Å²) >= 11 is 0. The Kier molecular flexibility index (Phi) is 8.41. The molecular weight excluding hydrogens is 281 g/mol. The first-order chi connectivity index (χ1) is 10.6. The van der Waals surface area contributed by atoms with Crippen molar-refractivity contribution in [3.63, 3.8) is 0 Å². The van der Waals surface area contributed by atoms with Gasteiger partial charge in [0, 0.05) is 6.42 Å². The van der Waals surface area contributed by atoms with Gasteiger partial charge in [-0.15, -0.1) is 0 Å². The molecule has 3 nitrogen and oxygen atoms in total. The Hall–Kier alpha value is -1.71. The van der Waals surface area contributed by atoms with Crippen molar-refractivity contribution in [1.29, 1.82) is 0 Å². The van der Waals surface area contributed by atoms with Crippen molar-refractivity contribution in [2.75, 3.05) is 6.54 Å². The third-order valence-corrected chi connectivity index (χ3v) is 3.78. The molecule has 1 aliphatic rings. The highest BCUT2D eigenvalue weighted by Gasteiger charge is 2.13. The van der Waals surface area contributed by atoms with Crippen molar-refractivity contribution in [2.24, 2.45) is 0 Å². The monoisotopic (exact) mass is 307 g/mol. The second-order valence-electron chi connectivity index (χ2n) is 5.63. The van der Waals surface area contributed by atoms with Crippen molar-refractivity contribution < 1.29 is 14.0 Å². The van der Waals surface area contributed by atoms with E-state index in [9.17, 15) is 14.0 Å². The zero-order chi connectivity index (χ0) is 16.4. The molecule has 122 valence electrons. The van der Waals surface area contributed by atoms with Gasteiger partial charge in [-0.2, -0.15) is 0 Å². The third-order valence-electron chi connectivity index (χ3n) is 3.78. The van der Waals surface area contributed by atoms with Crippen LogP contribution >= 0.6 is 0 Å². The van der Waals surface area contributed by atoms with Crippen LogP contribution in [0, 0.1) is 12.7 Å². The van der Waals surface area contributed by atoms with Crippen LogP contribution in [0.15, 0.2) is 18.2 Å². The van der Waals surface area contributed by atoms with E-state index in [1.54, 1.807) is 26.0 Å². The minimum absolute atomic E-state index is 0.0242. The lowest BCUT2D eigenvalue weighted by molar-refractivity contribution is -0.117. The molecule has 0 saturated heterocycles. The number of benzene rings is 1. The number of hydrogen-bond acceptors (Lipinski definition) is 2. The number of Topliss-reactive ketones (excluding diaryl/α,β-unsaturated/α-hetero) is 1. The first-order valence-corrected chi connectivity index (χ1v) is 8.11. The topological polar surface area (TPSA) is 46.2 Å². The van der Waals surface area contributed by atoms with E-state index in [4.69, 9.17) is 0 Å². The first-order valence-electron chi connectivity index (χ1n) is 8.11. The maximum absolute atomic E-state index is 13.5. The second kappa shape index (κ2) is 10.1. The molecule has 0 unspecified atom stereocenters. The Morgan fingerprint density at radius 1 is 1.09 bits per heavy atom. The summed E-state index contributed by atoms with van der Waals surface area (Å²) in [5.74, 6) is -1.17. The highest BCUT2D eigenvalue weighted by atomic mass is 19.1. The van der Waals surface area contributed by atoms with Gasteiger partial charge < -0.3 is 5.32 Å². The maximum atomic E-state index is 13.5. The summed E-state index contributed by atoms with van der Waals surface area (Å²) in [6, 6.07) is 4.59. The summed E-state index contributed by atoms with van der Waals surface area (Å²) in [5, 5.41) is 2.39. The van der Waals surface area contributed by atoms with Gasteiger partial charge in [0.2, 0.25) is 0 Å². The number of amides is 1. The molecule has 1 aromatic rings. The average Bonchev–Trinajstić information content (AvgIpc) is 2.57. The van der Waals surface area contributed by atoms with Gasteiger partial charge in [0.15, 0.2) is 5.78 Å². The molecule has 0 heterocycles. The quantitative estimate of drug-likeness (QED) is 0.907. The minimum atomic E-state index is -0.553. The van der Waals surface area contributed by atoms with Gasteiger partial charge in [-0.3, -0.25) is 9.59 Å². The largest absolute Gasteiger partial charge is 0.345 e. The molecule has 1 aliphatic carbocycles. The lowest BCUT2D eigenvalue weighted by Gasteiger charge is -2.06. The number of carbonyl (C=O) groups is 2. The Balaban J connectivity index is 0.000000335. The van der Waals surface area contributed by atoms with Gasteiger partial charge in [0.25, 0.3) is 5.91 Å². The van der Waals surface area contributed by atoms with Crippen LogP contribution in [0.2, 0.25) is 0 Å². The molecule has 1 aromatic carbocycles. The molecule has 22 heavy (non-hydrogen) atoms. The van der Waals surface area contributed by atoms with Crippen LogP contribution in [0.3, 0.4) is 0 Å². The number of nitrogens with one attached hydrogen (secondary N) is 1. The molecule has 2 rings (SSSR count). The number of carbonyl (C=O) groups excluding carboxylic acids is 2. The van der Waals surface area contributed by atoms with E-state index >= 15 is 0 Å². The lowest BCUT2D eigenvalue weighted by atomic mass is 10.0. The van der Waals surface area contributed by atoms with Crippen molar-refractivity contribution in [2.45, 2.75) is 58.8 Å². The average molecular weight is 307 g/mol. The molecule has 1 saturated carbocycles. The summed E-state index contributed by atoms with van der Waals surface area (Å²) in [5.41, 5.74) is 0.387. The second-order valence-corrected chi connectivity index (χ2v) is 5.63. The Morgan fingerprint density at radius 3 is 2.14 bits per heavy atom. The predicted molar refractivity (Wildman–Crippen MR) is 86.5 cm³/mol. The Labute approximate surface area is 132 Å². The van der Waals surface area contributed by atoms with Crippen molar-refractivity contribution in [3.05, 3.63) is 35.1 Å². The van der Waals surface area contributed by atoms with E-state index in [-0.39, 0.29) is 17.9 Å². The van der Waals surface area contributed by atoms with E-state index in [2.05, 4.69) is 5.32 Å². The van der Waals surface area contributed by atoms with Gasteiger partial charge in [-0.1, -0.05) is 57.6 Å². The lowest BCUT2D eigenvalue weighted by Crippen LogP contribution is -2.29. The van der Waals surface area contributed by atoms with Crippen LogP contribution in [-0.2, 0) is 4.79 Å². The molecule has 1 N–H and O–H groups in total. The van der Waals surface area contributed by atoms with Crippen LogP contribution in [0.4, 0.5) is 4.39 Å². The van der Waals surface area contributed by atoms with Gasteiger partial charge >= 0.3 is 0 Å². The summed E-state index contributed by atoms with van der Waals surface area (Å²) in [6.45, 7) is 3.24. The SMILES string of the molecule is C1CCCCC1.CCC(=O)CNC(=O)c1cccc(C)c1F. The van der Waals surface area contributed by atoms with Gasteiger partial charge in [-0.05, 0) is 18.6 Å². The van der Waals surface area contributed by atoms with Crippen LogP contribution in [0.5, 0.6) is 0 Å². The zero-order valence-electron chi connectivity index (χ0n) is 13.6. The van der Waals surface area contributed by atoms with Crippen LogP contribution in [-0.4, -0.2) is 18.2 Å². The van der Waals surface area contributed by atoms with E-state index in [1.807, 2.05) is 0 Å². The smallest absolute Gasteiger partial charge is 0.254 e. The molecule has 0 radical (unpaired) electrons. The standard InChI is InChI=1S/C12H14FNO2.C6H12/c1-3-9(15)7-14-12(16)10-6-4-5-8(2)11(10)13;1-2-4-6-5-3-1/h4-6H,3,7H2,1-2H3,(H,14,16);1-6H2. The number of rotatable bonds is 4. The number of ketones is 1. The van der Waals surface area contributed by atoms with Crippen molar-refractivity contribution in [3.8, 4) is 0 Å². The maximum Gasteiger partial charge on any atom is 0.254 e. The molecule has 1 fully saturated rings. The summed E-state index contributed by atoms with van der Waals surface area (Å²) < 4.78 is 13.5. The third kappa shape index (κ3) is 6.37. The van der Waals surface area contributed by atoms with Crippen molar-refractivity contribution in [1.82, 2.24) is 5.32 Å². The fourth-order valence-corrected chi connectivity index (χ4v) is 2.28. The van der Waals surface area contributed by atoms with Crippen LogP contribution in [0.1, 0.15) is 67.8 Å². The molecule has 0 aliphatic heterocycles. The highest BCUT2D eigenvalue weighted by Crippen LogP contribution is 2.15. The number of halogens is 1. The van der Waals surface area contributed by atoms with E-state index in [1.165, 1.54) is 44.6 Å². The van der Waals surface area contributed by atoms with E-state index < -0.39 is 11.7 Å². The molecule has 1 amide bonds. The van der Waals surface area contributed by atoms with Gasteiger partial charge in [0.1, 0.15) is 5.82 Å². The molecule has 0 aromatic heterocycles.